The Bertz CT molecular complexity index is 504. The first-order chi connectivity index (χ1) is 9.58. The second kappa shape index (κ2) is 6.00. The summed E-state index contributed by atoms with van der Waals surface area (Å²) in [5.74, 6) is 0.891. The fourth-order valence-corrected chi connectivity index (χ4v) is 2.26. The molecule has 2 rings (SSSR count). The summed E-state index contributed by atoms with van der Waals surface area (Å²) in [4.78, 5) is 14.4. The Morgan fingerprint density at radius 3 is 2.60 bits per heavy atom. The van der Waals surface area contributed by atoms with Crippen LogP contribution >= 0.6 is 0 Å². The summed E-state index contributed by atoms with van der Waals surface area (Å²) < 4.78 is 15.7. The zero-order chi connectivity index (χ0) is 14.7. The van der Waals surface area contributed by atoms with Gasteiger partial charge in [0.05, 0.1) is 39.0 Å². The number of hydrogen-bond acceptors (Lipinski definition) is 5. The molecule has 0 spiro atoms. The Labute approximate surface area is 118 Å². The predicted octanol–water partition coefficient (Wildman–Crippen LogP) is 1.15. The molecule has 1 aromatic rings. The van der Waals surface area contributed by atoms with E-state index in [1.807, 2.05) is 6.92 Å². The summed E-state index contributed by atoms with van der Waals surface area (Å²) in [6.07, 6.45) is 0. The van der Waals surface area contributed by atoms with Crippen LogP contribution in [-0.4, -0.2) is 50.8 Å². The van der Waals surface area contributed by atoms with E-state index in [1.54, 1.807) is 17.0 Å². The van der Waals surface area contributed by atoms with E-state index in [1.165, 1.54) is 14.2 Å². The van der Waals surface area contributed by atoms with Crippen molar-refractivity contribution in [2.75, 3.05) is 39.7 Å². The second-order valence-electron chi connectivity index (χ2n) is 4.72. The van der Waals surface area contributed by atoms with Gasteiger partial charge in [0.25, 0.3) is 5.91 Å². The van der Waals surface area contributed by atoms with Gasteiger partial charge < -0.3 is 24.8 Å². The molecule has 0 aliphatic carbocycles. The van der Waals surface area contributed by atoms with E-state index in [0.717, 1.165) is 0 Å². The van der Waals surface area contributed by atoms with Gasteiger partial charge in [-0.3, -0.25) is 4.79 Å². The quantitative estimate of drug-likeness (QED) is 0.841. The number of ether oxygens (including phenoxy) is 3. The maximum Gasteiger partial charge on any atom is 0.256 e. The molecule has 6 nitrogen and oxygen atoms in total. The zero-order valence-electron chi connectivity index (χ0n) is 12.0. The largest absolute Gasteiger partial charge is 0.493 e. The van der Waals surface area contributed by atoms with Crippen molar-refractivity contribution in [3.8, 4) is 11.5 Å². The number of nitrogens with two attached hydrogens (primary N) is 1. The highest BCUT2D eigenvalue weighted by molar-refractivity contribution is 6.00. The molecule has 1 fully saturated rings. The molecule has 1 amide bonds. The SMILES string of the molecule is COc1cc(N)c(C(=O)N2CCOC[C@H]2C)cc1OC. The zero-order valence-corrected chi connectivity index (χ0v) is 12.0. The van der Waals surface area contributed by atoms with Crippen LogP contribution < -0.4 is 15.2 Å². The molecule has 20 heavy (non-hydrogen) atoms. The van der Waals surface area contributed by atoms with E-state index in [4.69, 9.17) is 19.9 Å². The van der Waals surface area contributed by atoms with E-state index in [-0.39, 0.29) is 11.9 Å². The highest BCUT2D eigenvalue weighted by Gasteiger charge is 2.27. The highest BCUT2D eigenvalue weighted by Crippen LogP contribution is 2.32. The lowest BCUT2D eigenvalue weighted by Gasteiger charge is -2.33. The third-order valence-corrected chi connectivity index (χ3v) is 3.41. The maximum absolute atomic E-state index is 12.6. The summed E-state index contributed by atoms with van der Waals surface area (Å²) in [6.45, 7) is 3.60. The number of nitrogens with zero attached hydrogens (tertiary/aromatic N) is 1. The maximum atomic E-state index is 12.6. The fraction of sp³-hybridized carbons (Fsp3) is 0.500. The second-order valence-corrected chi connectivity index (χ2v) is 4.72. The molecule has 0 unspecified atom stereocenters. The summed E-state index contributed by atoms with van der Waals surface area (Å²) in [5.41, 5.74) is 6.77. The molecule has 1 aromatic carbocycles. The van der Waals surface area contributed by atoms with Crippen molar-refractivity contribution in [1.29, 1.82) is 0 Å². The number of methoxy groups -OCH3 is 2. The van der Waals surface area contributed by atoms with Gasteiger partial charge in [0.1, 0.15) is 0 Å². The Kier molecular flexibility index (Phi) is 4.34. The van der Waals surface area contributed by atoms with Gasteiger partial charge in [0, 0.05) is 18.3 Å². The van der Waals surface area contributed by atoms with E-state index in [9.17, 15) is 4.79 Å². The lowest BCUT2D eigenvalue weighted by Crippen LogP contribution is -2.47. The Balaban J connectivity index is 2.34. The number of nitrogen functional groups attached to an aromatic ring is 1. The number of benzene rings is 1. The number of morpholine rings is 1. The number of rotatable bonds is 3. The van der Waals surface area contributed by atoms with E-state index in [2.05, 4.69) is 0 Å². The molecule has 0 radical (unpaired) electrons. The van der Waals surface area contributed by atoms with Crippen molar-refractivity contribution in [3.63, 3.8) is 0 Å². The van der Waals surface area contributed by atoms with Crippen molar-refractivity contribution in [2.24, 2.45) is 0 Å². The normalized spacial score (nSPS) is 18.8. The van der Waals surface area contributed by atoms with E-state index in [0.29, 0.717) is 42.5 Å². The molecular formula is C14H20N2O4. The Morgan fingerprint density at radius 2 is 2.00 bits per heavy atom. The van der Waals surface area contributed by atoms with Crippen LogP contribution in [0.4, 0.5) is 5.69 Å². The molecule has 2 N–H and O–H groups in total. The molecule has 0 aromatic heterocycles. The van der Waals surface area contributed by atoms with Crippen LogP contribution in [0.5, 0.6) is 11.5 Å². The van der Waals surface area contributed by atoms with Crippen molar-refractivity contribution >= 4 is 11.6 Å². The van der Waals surface area contributed by atoms with Crippen molar-refractivity contribution in [1.82, 2.24) is 4.90 Å². The third-order valence-electron chi connectivity index (χ3n) is 3.41. The smallest absolute Gasteiger partial charge is 0.256 e. The van der Waals surface area contributed by atoms with Crippen LogP contribution in [-0.2, 0) is 4.74 Å². The minimum Gasteiger partial charge on any atom is -0.493 e. The van der Waals surface area contributed by atoms with Crippen LogP contribution in [0.25, 0.3) is 0 Å². The highest BCUT2D eigenvalue weighted by atomic mass is 16.5. The average molecular weight is 280 g/mol. The molecule has 1 heterocycles. The van der Waals surface area contributed by atoms with Crippen LogP contribution in [0, 0.1) is 0 Å². The lowest BCUT2D eigenvalue weighted by atomic mass is 10.1. The lowest BCUT2D eigenvalue weighted by molar-refractivity contribution is 0.00363. The molecule has 1 saturated heterocycles. The number of carbonyl (C=O) groups is 1. The first kappa shape index (κ1) is 14.5. The number of amides is 1. The van der Waals surface area contributed by atoms with Gasteiger partial charge >= 0.3 is 0 Å². The molecule has 0 saturated carbocycles. The topological polar surface area (TPSA) is 74.0 Å². The molecule has 1 atom stereocenters. The van der Waals surface area contributed by atoms with Gasteiger partial charge in [0.15, 0.2) is 11.5 Å². The van der Waals surface area contributed by atoms with Crippen molar-refractivity contribution < 1.29 is 19.0 Å². The van der Waals surface area contributed by atoms with Crippen molar-refractivity contribution in [2.45, 2.75) is 13.0 Å². The monoisotopic (exact) mass is 280 g/mol. The standard InChI is InChI=1S/C14H20N2O4/c1-9-8-20-5-4-16(9)14(17)10-6-12(18-2)13(19-3)7-11(10)15/h6-7,9H,4-5,8,15H2,1-3H3/t9-/m1/s1. The molecule has 0 bridgehead atoms. The van der Waals surface area contributed by atoms with Crippen LogP contribution in [0.3, 0.4) is 0 Å². The molecule has 1 aliphatic rings. The fourth-order valence-electron chi connectivity index (χ4n) is 2.26. The van der Waals surface area contributed by atoms with Gasteiger partial charge in [0.2, 0.25) is 0 Å². The predicted molar refractivity (Wildman–Crippen MR) is 75.3 cm³/mol. The van der Waals surface area contributed by atoms with Gasteiger partial charge in [-0.15, -0.1) is 0 Å². The molecule has 6 heteroatoms. The Morgan fingerprint density at radius 1 is 1.35 bits per heavy atom. The van der Waals surface area contributed by atoms with Gasteiger partial charge in [-0.25, -0.2) is 0 Å². The van der Waals surface area contributed by atoms with Gasteiger partial charge in [-0.1, -0.05) is 0 Å². The van der Waals surface area contributed by atoms with Gasteiger partial charge in [-0.2, -0.15) is 0 Å². The van der Waals surface area contributed by atoms with Crippen molar-refractivity contribution in [3.05, 3.63) is 17.7 Å². The molecular weight excluding hydrogens is 260 g/mol. The number of anilines is 1. The summed E-state index contributed by atoms with van der Waals surface area (Å²) in [6, 6.07) is 3.26. The summed E-state index contributed by atoms with van der Waals surface area (Å²) >= 11 is 0. The van der Waals surface area contributed by atoms with E-state index >= 15 is 0 Å². The molecule has 110 valence electrons. The Hall–Kier alpha value is -1.95. The summed E-state index contributed by atoms with van der Waals surface area (Å²) in [7, 11) is 3.06. The first-order valence-corrected chi connectivity index (χ1v) is 6.48. The van der Waals surface area contributed by atoms with Gasteiger partial charge in [-0.05, 0) is 13.0 Å². The van der Waals surface area contributed by atoms with Crippen LogP contribution in [0.1, 0.15) is 17.3 Å². The molecule has 1 aliphatic heterocycles. The number of hydrogen-bond donors (Lipinski definition) is 1. The van der Waals surface area contributed by atoms with Crippen LogP contribution in [0.15, 0.2) is 12.1 Å². The minimum absolute atomic E-state index is 0.0312. The minimum atomic E-state index is -0.112. The number of carbonyl (C=O) groups excluding carboxylic acids is 1. The van der Waals surface area contributed by atoms with E-state index < -0.39 is 0 Å². The first-order valence-electron chi connectivity index (χ1n) is 6.48. The van der Waals surface area contributed by atoms with Crippen LogP contribution in [0.2, 0.25) is 0 Å². The summed E-state index contributed by atoms with van der Waals surface area (Å²) in [5, 5.41) is 0. The average Bonchev–Trinajstić information content (AvgIpc) is 2.46. The third kappa shape index (κ3) is 2.65.